The molecular formula is C23H25F3N6. The summed E-state index contributed by atoms with van der Waals surface area (Å²) in [6.07, 6.45) is -1.02. The van der Waals surface area contributed by atoms with Crippen molar-refractivity contribution < 1.29 is 13.2 Å². The standard InChI is InChI=1S/C23H25F3N6/c1-13(16-5-4-6-17(19(16)24)21(25)26)28-22-18-7-15(8-27-20(18)14(2)29-30-22)32-11-23(12-32)9-31(3)10-23/h4-8,13,21H,9-12H2,1-3H3,(H,28,30)/t13-/m1/s1. The lowest BCUT2D eigenvalue weighted by molar-refractivity contribution is -0.00240. The summed E-state index contributed by atoms with van der Waals surface area (Å²) < 4.78 is 40.9. The maximum atomic E-state index is 14.6. The lowest BCUT2D eigenvalue weighted by Gasteiger charge is -2.60. The van der Waals surface area contributed by atoms with Crippen LogP contribution in [0.1, 0.15) is 36.2 Å². The van der Waals surface area contributed by atoms with Crippen LogP contribution in [-0.2, 0) is 0 Å². The highest BCUT2D eigenvalue weighted by molar-refractivity contribution is 5.92. The second-order valence-corrected chi connectivity index (χ2v) is 9.17. The summed E-state index contributed by atoms with van der Waals surface area (Å²) >= 11 is 0. The molecule has 3 aromatic rings. The molecule has 2 saturated heterocycles. The number of nitrogens with one attached hydrogen (secondary N) is 1. The third-order valence-corrected chi connectivity index (χ3v) is 6.51. The lowest BCUT2D eigenvalue weighted by Crippen LogP contribution is -2.71. The molecule has 0 unspecified atom stereocenters. The van der Waals surface area contributed by atoms with Gasteiger partial charge in [0.15, 0.2) is 5.82 Å². The molecule has 2 aromatic heterocycles. The fourth-order valence-electron chi connectivity index (χ4n) is 5.03. The third-order valence-electron chi connectivity index (χ3n) is 6.51. The van der Waals surface area contributed by atoms with Crippen molar-refractivity contribution >= 4 is 22.4 Å². The molecule has 1 spiro atoms. The number of benzene rings is 1. The van der Waals surface area contributed by atoms with Gasteiger partial charge in [0.25, 0.3) is 6.43 Å². The zero-order chi connectivity index (χ0) is 22.6. The van der Waals surface area contributed by atoms with Crippen molar-refractivity contribution in [2.75, 3.05) is 43.4 Å². The molecule has 4 heterocycles. The van der Waals surface area contributed by atoms with Gasteiger partial charge in [-0.1, -0.05) is 18.2 Å². The topological polar surface area (TPSA) is 57.2 Å². The van der Waals surface area contributed by atoms with Crippen molar-refractivity contribution in [2.24, 2.45) is 5.41 Å². The summed E-state index contributed by atoms with van der Waals surface area (Å²) in [5.41, 5.74) is 2.34. The number of likely N-dealkylation sites (tertiary alicyclic amines) is 1. The van der Waals surface area contributed by atoms with Crippen molar-refractivity contribution in [3.63, 3.8) is 0 Å². The second-order valence-electron chi connectivity index (χ2n) is 9.17. The number of aromatic nitrogens is 3. The van der Waals surface area contributed by atoms with Gasteiger partial charge in [0.05, 0.1) is 34.7 Å². The van der Waals surface area contributed by atoms with Gasteiger partial charge in [-0.25, -0.2) is 13.2 Å². The van der Waals surface area contributed by atoms with Gasteiger partial charge in [0.2, 0.25) is 0 Å². The van der Waals surface area contributed by atoms with Crippen LogP contribution in [0.5, 0.6) is 0 Å². The van der Waals surface area contributed by atoms with Crippen LogP contribution in [0, 0.1) is 18.2 Å². The van der Waals surface area contributed by atoms with Crippen molar-refractivity contribution in [2.45, 2.75) is 26.3 Å². The van der Waals surface area contributed by atoms with Crippen molar-refractivity contribution in [1.29, 1.82) is 0 Å². The van der Waals surface area contributed by atoms with Gasteiger partial charge in [-0.3, -0.25) is 4.98 Å². The van der Waals surface area contributed by atoms with Crippen molar-refractivity contribution in [3.05, 3.63) is 53.1 Å². The first kappa shape index (κ1) is 20.9. The number of rotatable bonds is 5. The normalized spacial score (nSPS) is 18.7. The Bertz CT molecular complexity index is 1170. The van der Waals surface area contributed by atoms with Gasteiger partial charge >= 0.3 is 0 Å². The average molecular weight is 442 g/mol. The molecule has 0 saturated carbocycles. The maximum absolute atomic E-state index is 14.6. The third kappa shape index (κ3) is 3.44. The van der Waals surface area contributed by atoms with E-state index >= 15 is 0 Å². The summed E-state index contributed by atoms with van der Waals surface area (Å²) in [7, 11) is 2.13. The largest absolute Gasteiger partial charge is 0.369 e. The molecule has 1 aromatic carbocycles. The number of fused-ring (bicyclic) bond motifs is 1. The molecule has 0 bridgehead atoms. The fourth-order valence-corrected chi connectivity index (χ4v) is 5.03. The SMILES string of the molecule is Cc1nnc(N[C@H](C)c2cccc(C(F)F)c2F)c2cc(N3CC4(CN(C)C4)C3)cnc12. The predicted molar refractivity (Wildman–Crippen MR) is 118 cm³/mol. The van der Waals surface area contributed by atoms with E-state index in [2.05, 4.69) is 37.3 Å². The van der Waals surface area contributed by atoms with Crippen molar-refractivity contribution in [3.8, 4) is 0 Å². The summed E-state index contributed by atoms with van der Waals surface area (Å²) in [6.45, 7) is 7.76. The Kier molecular flexibility index (Phi) is 4.96. The van der Waals surface area contributed by atoms with Gasteiger partial charge in [0.1, 0.15) is 5.82 Å². The van der Waals surface area contributed by atoms with E-state index in [4.69, 9.17) is 0 Å². The first-order valence-corrected chi connectivity index (χ1v) is 10.7. The molecule has 0 aliphatic carbocycles. The number of anilines is 2. The Morgan fingerprint density at radius 2 is 1.81 bits per heavy atom. The molecule has 6 nitrogen and oxygen atoms in total. The zero-order valence-electron chi connectivity index (χ0n) is 18.2. The number of hydrogen-bond acceptors (Lipinski definition) is 6. The molecule has 2 fully saturated rings. The Labute approximate surface area is 184 Å². The highest BCUT2D eigenvalue weighted by atomic mass is 19.3. The van der Waals surface area contributed by atoms with Gasteiger partial charge in [-0.15, -0.1) is 5.10 Å². The predicted octanol–water partition coefficient (Wildman–Crippen LogP) is 4.33. The Balaban J connectivity index is 1.44. The van der Waals surface area contributed by atoms with Crippen LogP contribution in [0.3, 0.4) is 0 Å². The van der Waals surface area contributed by atoms with E-state index in [9.17, 15) is 13.2 Å². The molecule has 168 valence electrons. The van der Waals surface area contributed by atoms with Crippen LogP contribution in [0.15, 0.2) is 30.5 Å². The van der Waals surface area contributed by atoms with E-state index in [0.29, 0.717) is 22.4 Å². The molecule has 0 radical (unpaired) electrons. The zero-order valence-corrected chi connectivity index (χ0v) is 18.2. The number of nitrogens with zero attached hydrogens (tertiary/aromatic N) is 5. The van der Waals surface area contributed by atoms with Gasteiger partial charge in [0, 0.05) is 42.5 Å². The van der Waals surface area contributed by atoms with E-state index in [1.54, 1.807) is 6.92 Å². The van der Waals surface area contributed by atoms with Crippen LogP contribution in [-0.4, -0.2) is 53.3 Å². The molecule has 1 N–H and O–H groups in total. The van der Waals surface area contributed by atoms with Crippen LogP contribution in [0.4, 0.5) is 24.7 Å². The monoisotopic (exact) mass is 442 g/mol. The maximum Gasteiger partial charge on any atom is 0.266 e. The Morgan fingerprint density at radius 3 is 2.50 bits per heavy atom. The number of hydrogen-bond donors (Lipinski definition) is 1. The van der Waals surface area contributed by atoms with E-state index in [1.165, 1.54) is 12.1 Å². The fraction of sp³-hybridized carbons (Fsp3) is 0.435. The Hall–Kier alpha value is -2.94. The second kappa shape index (κ2) is 7.58. The molecule has 2 aliphatic rings. The minimum atomic E-state index is -2.87. The van der Waals surface area contributed by atoms with E-state index in [-0.39, 0.29) is 5.56 Å². The van der Waals surface area contributed by atoms with Crippen LogP contribution < -0.4 is 10.2 Å². The van der Waals surface area contributed by atoms with Gasteiger partial charge in [-0.05, 0) is 27.0 Å². The first-order chi connectivity index (χ1) is 15.3. The number of pyridine rings is 1. The number of halogens is 3. The van der Waals surface area contributed by atoms with E-state index < -0.39 is 23.8 Å². The minimum absolute atomic E-state index is 0.154. The number of aryl methyl sites for hydroxylation is 1. The van der Waals surface area contributed by atoms with Crippen LogP contribution in [0.25, 0.3) is 10.9 Å². The first-order valence-electron chi connectivity index (χ1n) is 10.7. The molecule has 0 amide bonds. The Morgan fingerprint density at radius 1 is 1.09 bits per heavy atom. The molecule has 9 heteroatoms. The smallest absolute Gasteiger partial charge is 0.266 e. The molecule has 32 heavy (non-hydrogen) atoms. The molecule has 2 aliphatic heterocycles. The summed E-state index contributed by atoms with van der Waals surface area (Å²) in [6, 6.07) is 5.49. The highest BCUT2D eigenvalue weighted by Gasteiger charge is 2.50. The molecule has 5 rings (SSSR count). The number of alkyl halides is 2. The average Bonchev–Trinajstić information content (AvgIpc) is 2.71. The highest BCUT2D eigenvalue weighted by Crippen LogP contribution is 2.42. The summed E-state index contributed by atoms with van der Waals surface area (Å²) in [4.78, 5) is 9.24. The summed E-state index contributed by atoms with van der Waals surface area (Å²) in [5.74, 6) is -0.449. The lowest BCUT2D eigenvalue weighted by atomic mass is 9.73. The van der Waals surface area contributed by atoms with Crippen molar-refractivity contribution in [1.82, 2.24) is 20.1 Å². The molecular weight excluding hydrogens is 417 g/mol. The van der Waals surface area contributed by atoms with Gasteiger partial charge < -0.3 is 15.1 Å². The van der Waals surface area contributed by atoms with E-state index in [0.717, 1.165) is 43.3 Å². The molecule has 1 atom stereocenters. The van der Waals surface area contributed by atoms with Crippen LogP contribution in [0.2, 0.25) is 0 Å². The quantitative estimate of drug-likeness (QED) is 0.635. The summed E-state index contributed by atoms with van der Waals surface area (Å²) in [5, 5.41) is 12.4. The van der Waals surface area contributed by atoms with Gasteiger partial charge in [-0.2, -0.15) is 5.10 Å². The minimum Gasteiger partial charge on any atom is -0.369 e. The van der Waals surface area contributed by atoms with Crippen LogP contribution >= 0.6 is 0 Å². The van der Waals surface area contributed by atoms with E-state index in [1.807, 2.05) is 19.2 Å².